The number of anilines is 2. The van der Waals surface area contributed by atoms with Crippen molar-refractivity contribution >= 4 is 29.4 Å². The van der Waals surface area contributed by atoms with Gasteiger partial charge in [0.05, 0.1) is 11.5 Å². The summed E-state index contributed by atoms with van der Waals surface area (Å²) in [5.74, 6) is 0.0748. The fourth-order valence-corrected chi connectivity index (χ4v) is 2.54. The molecule has 0 bridgehead atoms. The molecule has 2 aromatic rings. The highest BCUT2D eigenvalue weighted by atomic mass is 16.6. The quantitative estimate of drug-likeness (QED) is 0.480. The highest BCUT2D eigenvalue weighted by Gasteiger charge is 2.31. The third-order valence-corrected chi connectivity index (χ3v) is 3.74. The molecule has 0 fully saturated rings. The summed E-state index contributed by atoms with van der Waals surface area (Å²) in [6.07, 6.45) is -0.248. The summed E-state index contributed by atoms with van der Waals surface area (Å²) < 4.78 is 10.7. The first kappa shape index (κ1) is 24.6. The third-order valence-electron chi connectivity index (χ3n) is 3.74. The van der Waals surface area contributed by atoms with E-state index in [0.717, 1.165) is 4.90 Å². The number of nitrogens with zero attached hydrogens (tertiary/aromatic N) is 3. The van der Waals surface area contributed by atoms with Crippen LogP contribution in [0.5, 0.6) is 0 Å². The average Bonchev–Trinajstić information content (AvgIpc) is 2.63. The van der Waals surface area contributed by atoms with Crippen LogP contribution in [0, 0.1) is 10.1 Å². The molecule has 2 rings (SSSR count). The van der Waals surface area contributed by atoms with E-state index in [9.17, 15) is 19.7 Å². The van der Waals surface area contributed by atoms with E-state index in [2.05, 4.69) is 10.3 Å². The molecular weight excluding hydrogens is 416 g/mol. The monoisotopic (exact) mass is 444 g/mol. The topological polar surface area (TPSA) is 124 Å². The number of carbonyl (C=O) groups excluding carboxylic acids is 2. The number of benzene rings is 1. The van der Waals surface area contributed by atoms with Crippen LogP contribution in [0.25, 0.3) is 0 Å². The highest BCUT2D eigenvalue weighted by Crippen LogP contribution is 2.25. The lowest BCUT2D eigenvalue weighted by Crippen LogP contribution is -2.43. The molecule has 0 aliphatic carbocycles. The number of aromatic nitrogens is 1. The summed E-state index contributed by atoms with van der Waals surface area (Å²) in [7, 11) is 0. The zero-order valence-electron chi connectivity index (χ0n) is 19.0. The van der Waals surface area contributed by atoms with E-state index in [1.54, 1.807) is 65.8 Å². The molecule has 1 heterocycles. The summed E-state index contributed by atoms with van der Waals surface area (Å²) in [6.45, 7) is 10.1. The predicted octanol–water partition coefficient (Wildman–Crippen LogP) is 5.41. The van der Waals surface area contributed by atoms with E-state index < -0.39 is 28.3 Å². The van der Waals surface area contributed by atoms with Crippen LogP contribution in [0.4, 0.5) is 26.8 Å². The lowest BCUT2D eigenvalue weighted by molar-refractivity contribution is -0.384. The van der Waals surface area contributed by atoms with Crippen molar-refractivity contribution in [1.29, 1.82) is 0 Å². The summed E-state index contributed by atoms with van der Waals surface area (Å²) in [5, 5.41) is 14.1. The SMILES string of the molecule is CC(C)(C)OC(=O)N(Cc1cccc(Nc2ncccc2[N+](=O)[O-])c1)C(=O)OC(C)(C)C. The first-order chi connectivity index (χ1) is 14.7. The van der Waals surface area contributed by atoms with Gasteiger partial charge in [0.2, 0.25) is 5.82 Å². The molecule has 0 unspecified atom stereocenters. The summed E-state index contributed by atoms with van der Waals surface area (Å²) in [6, 6.07) is 9.55. The Kier molecular flexibility index (Phi) is 7.40. The van der Waals surface area contributed by atoms with E-state index in [1.165, 1.54) is 18.3 Å². The van der Waals surface area contributed by atoms with Crippen LogP contribution < -0.4 is 5.32 Å². The number of amides is 2. The van der Waals surface area contributed by atoms with Gasteiger partial charge in [0.15, 0.2) is 0 Å². The molecule has 1 N–H and O–H groups in total. The Bertz CT molecular complexity index is 966. The van der Waals surface area contributed by atoms with Crippen molar-refractivity contribution in [2.75, 3.05) is 5.32 Å². The number of nitrogens with one attached hydrogen (secondary N) is 1. The van der Waals surface area contributed by atoms with Crippen molar-refractivity contribution in [1.82, 2.24) is 9.88 Å². The molecule has 0 aliphatic rings. The lowest BCUT2D eigenvalue weighted by Gasteiger charge is -2.28. The number of ether oxygens (including phenoxy) is 2. The molecule has 2 amide bonds. The second kappa shape index (κ2) is 9.63. The molecule has 1 aromatic heterocycles. The van der Waals surface area contributed by atoms with Crippen LogP contribution >= 0.6 is 0 Å². The van der Waals surface area contributed by atoms with Gasteiger partial charge < -0.3 is 14.8 Å². The zero-order valence-corrected chi connectivity index (χ0v) is 19.0. The fourth-order valence-electron chi connectivity index (χ4n) is 2.54. The van der Waals surface area contributed by atoms with Gasteiger partial charge in [-0.05, 0) is 65.3 Å². The molecular formula is C22H28N4O6. The Morgan fingerprint density at radius 3 is 2.16 bits per heavy atom. The lowest BCUT2D eigenvalue weighted by atomic mass is 10.2. The van der Waals surface area contributed by atoms with E-state index >= 15 is 0 Å². The molecule has 172 valence electrons. The van der Waals surface area contributed by atoms with Crippen LogP contribution in [0.1, 0.15) is 47.1 Å². The molecule has 0 spiro atoms. The maximum atomic E-state index is 12.7. The van der Waals surface area contributed by atoms with Crippen LogP contribution in [0.15, 0.2) is 42.6 Å². The average molecular weight is 444 g/mol. The van der Waals surface area contributed by atoms with Gasteiger partial charge in [0, 0.05) is 18.0 Å². The highest BCUT2D eigenvalue weighted by molar-refractivity contribution is 5.88. The van der Waals surface area contributed by atoms with Gasteiger partial charge in [-0.1, -0.05) is 12.1 Å². The van der Waals surface area contributed by atoms with Gasteiger partial charge >= 0.3 is 17.9 Å². The largest absolute Gasteiger partial charge is 0.443 e. The summed E-state index contributed by atoms with van der Waals surface area (Å²) in [4.78, 5) is 40.9. The van der Waals surface area contributed by atoms with Crippen molar-refractivity contribution in [3.8, 4) is 0 Å². The minimum Gasteiger partial charge on any atom is -0.443 e. The van der Waals surface area contributed by atoms with E-state index in [-0.39, 0.29) is 18.1 Å². The molecule has 0 saturated heterocycles. The number of pyridine rings is 1. The van der Waals surface area contributed by atoms with E-state index in [4.69, 9.17) is 9.47 Å². The van der Waals surface area contributed by atoms with Crippen LogP contribution in [-0.4, -0.2) is 38.2 Å². The van der Waals surface area contributed by atoms with Gasteiger partial charge in [-0.25, -0.2) is 19.5 Å². The van der Waals surface area contributed by atoms with Gasteiger partial charge in [0.1, 0.15) is 11.2 Å². The van der Waals surface area contributed by atoms with E-state index in [0.29, 0.717) is 11.3 Å². The normalized spacial score (nSPS) is 11.4. The van der Waals surface area contributed by atoms with Gasteiger partial charge in [-0.3, -0.25) is 10.1 Å². The maximum Gasteiger partial charge on any atom is 0.420 e. The van der Waals surface area contributed by atoms with Gasteiger partial charge in [0.25, 0.3) is 0 Å². The smallest absolute Gasteiger partial charge is 0.420 e. The van der Waals surface area contributed by atoms with Gasteiger partial charge in [-0.15, -0.1) is 0 Å². The summed E-state index contributed by atoms with van der Waals surface area (Å²) in [5.41, 5.74) is -0.720. The Balaban J connectivity index is 2.29. The van der Waals surface area contributed by atoms with Crippen molar-refractivity contribution in [2.45, 2.75) is 59.3 Å². The Morgan fingerprint density at radius 1 is 1.03 bits per heavy atom. The second-order valence-corrected chi connectivity index (χ2v) is 9.00. The minimum absolute atomic E-state index is 0.0748. The fraction of sp³-hybridized carbons (Fsp3) is 0.409. The second-order valence-electron chi connectivity index (χ2n) is 9.00. The van der Waals surface area contributed by atoms with Crippen LogP contribution in [0.3, 0.4) is 0 Å². The van der Waals surface area contributed by atoms with Crippen LogP contribution in [-0.2, 0) is 16.0 Å². The number of hydrogen-bond acceptors (Lipinski definition) is 8. The Morgan fingerprint density at radius 2 is 1.62 bits per heavy atom. The molecule has 1 aromatic carbocycles. The number of rotatable bonds is 5. The zero-order chi connectivity index (χ0) is 24.1. The molecule has 10 nitrogen and oxygen atoms in total. The van der Waals surface area contributed by atoms with Crippen molar-refractivity contribution < 1.29 is 24.0 Å². The molecule has 0 saturated carbocycles. The molecule has 0 radical (unpaired) electrons. The van der Waals surface area contributed by atoms with Crippen molar-refractivity contribution in [3.63, 3.8) is 0 Å². The predicted molar refractivity (Wildman–Crippen MR) is 119 cm³/mol. The minimum atomic E-state index is -0.842. The first-order valence-electron chi connectivity index (χ1n) is 9.94. The number of imide groups is 1. The van der Waals surface area contributed by atoms with Gasteiger partial charge in [-0.2, -0.15) is 0 Å². The number of carbonyl (C=O) groups is 2. The molecule has 10 heteroatoms. The van der Waals surface area contributed by atoms with Crippen molar-refractivity contribution in [2.24, 2.45) is 0 Å². The standard InChI is InChI=1S/C22H28N4O6/c1-21(2,3)31-19(27)25(20(28)32-22(4,5)6)14-15-9-7-10-16(13-15)24-18-17(26(29)30)11-8-12-23-18/h7-13H,14H2,1-6H3,(H,23,24). The third kappa shape index (κ3) is 7.53. The number of nitro groups is 1. The van der Waals surface area contributed by atoms with E-state index in [1.807, 2.05) is 0 Å². The number of hydrogen-bond donors (Lipinski definition) is 1. The Labute approximate surface area is 186 Å². The van der Waals surface area contributed by atoms with Crippen molar-refractivity contribution in [3.05, 3.63) is 58.3 Å². The van der Waals surface area contributed by atoms with Crippen LogP contribution in [0.2, 0.25) is 0 Å². The maximum absolute atomic E-state index is 12.7. The first-order valence-corrected chi connectivity index (χ1v) is 9.94. The molecule has 0 aliphatic heterocycles. The summed E-state index contributed by atoms with van der Waals surface area (Å²) >= 11 is 0. The molecule has 32 heavy (non-hydrogen) atoms. The molecule has 0 atom stereocenters. The Hall–Kier alpha value is -3.69.